The van der Waals surface area contributed by atoms with E-state index in [0.717, 1.165) is 30.6 Å². The van der Waals surface area contributed by atoms with Gasteiger partial charge in [0.15, 0.2) is 5.79 Å². The Balaban J connectivity index is 1.54. The van der Waals surface area contributed by atoms with Crippen LogP contribution < -0.4 is 0 Å². The van der Waals surface area contributed by atoms with E-state index in [0.29, 0.717) is 31.9 Å². The van der Waals surface area contributed by atoms with Crippen molar-refractivity contribution in [2.45, 2.75) is 32.0 Å². The largest absolute Gasteiger partial charge is 0.347 e. The van der Waals surface area contributed by atoms with Crippen molar-refractivity contribution in [3.63, 3.8) is 0 Å². The van der Waals surface area contributed by atoms with Crippen LogP contribution in [0.1, 0.15) is 35.8 Å². The third-order valence-electron chi connectivity index (χ3n) is 5.06. The van der Waals surface area contributed by atoms with Crippen LogP contribution in [0.2, 0.25) is 0 Å². The molecule has 1 amide bonds. The predicted octanol–water partition coefficient (Wildman–Crippen LogP) is 2.41. The monoisotopic (exact) mass is 341 g/mol. The SMILES string of the molecule is CCc1c(C(=O)N2CCC3(CC2)OCCO3)cnn1-c1ccccc1. The first-order chi connectivity index (χ1) is 12.2. The minimum atomic E-state index is -0.460. The number of hydrogen-bond acceptors (Lipinski definition) is 4. The van der Waals surface area contributed by atoms with Gasteiger partial charge in [0.25, 0.3) is 5.91 Å². The zero-order valence-corrected chi connectivity index (χ0v) is 14.5. The summed E-state index contributed by atoms with van der Waals surface area (Å²) in [5, 5.41) is 4.46. The van der Waals surface area contributed by atoms with Gasteiger partial charge < -0.3 is 14.4 Å². The fraction of sp³-hybridized carbons (Fsp3) is 0.474. The third kappa shape index (κ3) is 2.96. The fourth-order valence-corrected chi connectivity index (χ4v) is 3.69. The quantitative estimate of drug-likeness (QED) is 0.860. The molecule has 0 N–H and O–H groups in total. The Kier molecular flexibility index (Phi) is 4.31. The van der Waals surface area contributed by atoms with E-state index in [1.807, 2.05) is 39.9 Å². The summed E-state index contributed by atoms with van der Waals surface area (Å²) in [5.74, 6) is -0.412. The molecular formula is C19H23N3O3. The lowest BCUT2D eigenvalue weighted by atomic mass is 10.0. The summed E-state index contributed by atoms with van der Waals surface area (Å²) in [6.07, 6.45) is 3.90. The lowest BCUT2D eigenvalue weighted by Gasteiger charge is -2.37. The maximum Gasteiger partial charge on any atom is 0.257 e. The molecule has 0 aliphatic carbocycles. The summed E-state index contributed by atoms with van der Waals surface area (Å²) >= 11 is 0. The molecule has 0 radical (unpaired) electrons. The summed E-state index contributed by atoms with van der Waals surface area (Å²) < 4.78 is 13.4. The van der Waals surface area contributed by atoms with Crippen LogP contribution in [0.25, 0.3) is 5.69 Å². The molecule has 6 heteroatoms. The molecule has 25 heavy (non-hydrogen) atoms. The maximum absolute atomic E-state index is 13.0. The minimum Gasteiger partial charge on any atom is -0.347 e. The Morgan fingerprint density at radius 3 is 2.48 bits per heavy atom. The molecule has 3 heterocycles. The maximum atomic E-state index is 13.0. The number of para-hydroxylation sites is 1. The number of carbonyl (C=O) groups is 1. The van der Waals surface area contributed by atoms with E-state index < -0.39 is 5.79 Å². The van der Waals surface area contributed by atoms with E-state index in [4.69, 9.17) is 9.47 Å². The van der Waals surface area contributed by atoms with Gasteiger partial charge in [0.2, 0.25) is 0 Å². The number of aromatic nitrogens is 2. The van der Waals surface area contributed by atoms with Crippen molar-refractivity contribution in [2.75, 3.05) is 26.3 Å². The number of carbonyl (C=O) groups excluding carboxylic acids is 1. The first-order valence-electron chi connectivity index (χ1n) is 8.92. The van der Waals surface area contributed by atoms with Crippen molar-refractivity contribution >= 4 is 5.91 Å². The van der Waals surface area contributed by atoms with Crippen molar-refractivity contribution in [3.05, 3.63) is 47.8 Å². The molecule has 0 bridgehead atoms. The average molecular weight is 341 g/mol. The zero-order chi connectivity index (χ0) is 17.3. The van der Waals surface area contributed by atoms with E-state index in [9.17, 15) is 4.79 Å². The molecule has 4 rings (SSSR count). The number of hydrogen-bond donors (Lipinski definition) is 0. The van der Waals surface area contributed by atoms with Crippen LogP contribution in [0.4, 0.5) is 0 Å². The van der Waals surface area contributed by atoms with E-state index in [2.05, 4.69) is 12.0 Å². The standard InChI is InChI=1S/C19H23N3O3/c1-2-17-16(14-20-22(17)15-6-4-3-5-7-15)18(23)21-10-8-19(9-11-21)24-12-13-25-19/h3-7,14H,2,8-13H2,1H3. The van der Waals surface area contributed by atoms with Gasteiger partial charge in [0, 0.05) is 25.9 Å². The molecule has 0 atom stereocenters. The van der Waals surface area contributed by atoms with E-state index in [-0.39, 0.29) is 5.91 Å². The second-order valence-corrected chi connectivity index (χ2v) is 6.51. The topological polar surface area (TPSA) is 56.6 Å². The van der Waals surface area contributed by atoms with Gasteiger partial charge in [-0.2, -0.15) is 5.10 Å². The van der Waals surface area contributed by atoms with Gasteiger partial charge in [-0.05, 0) is 18.6 Å². The molecule has 6 nitrogen and oxygen atoms in total. The Hall–Kier alpha value is -2.18. The number of nitrogens with zero attached hydrogens (tertiary/aromatic N) is 3. The van der Waals surface area contributed by atoms with Crippen LogP contribution in [-0.4, -0.2) is 52.7 Å². The van der Waals surface area contributed by atoms with Gasteiger partial charge in [0.05, 0.1) is 36.4 Å². The van der Waals surface area contributed by atoms with Gasteiger partial charge in [-0.25, -0.2) is 4.68 Å². The smallest absolute Gasteiger partial charge is 0.257 e. The summed E-state index contributed by atoms with van der Waals surface area (Å²) in [7, 11) is 0. The van der Waals surface area contributed by atoms with Gasteiger partial charge >= 0.3 is 0 Å². The Morgan fingerprint density at radius 1 is 1.16 bits per heavy atom. The predicted molar refractivity (Wildman–Crippen MR) is 92.7 cm³/mol. The molecular weight excluding hydrogens is 318 g/mol. The number of amides is 1. The Bertz CT molecular complexity index is 741. The second kappa shape index (κ2) is 6.61. The normalized spacial score (nSPS) is 19.5. The molecule has 2 fully saturated rings. The minimum absolute atomic E-state index is 0.0480. The third-order valence-corrected chi connectivity index (χ3v) is 5.06. The summed E-state index contributed by atoms with van der Waals surface area (Å²) in [6, 6.07) is 9.92. The molecule has 2 aliphatic rings. The second-order valence-electron chi connectivity index (χ2n) is 6.51. The summed E-state index contributed by atoms with van der Waals surface area (Å²) in [5.41, 5.74) is 2.61. The van der Waals surface area contributed by atoms with Crippen LogP contribution in [0.3, 0.4) is 0 Å². The highest BCUT2D eigenvalue weighted by molar-refractivity contribution is 5.95. The molecule has 132 valence electrons. The van der Waals surface area contributed by atoms with Crippen LogP contribution in [0.5, 0.6) is 0 Å². The molecule has 1 spiro atoms. The molecule has 0 saturated carbocycles. The van der Waals surface area contributed by atoms with E-state index >= 15 is 0 Å². The van der Waals surface area contributed by atoms with Crippen molar-refractivity contribution < 1.29 is 14.3 Å². The zero-order valence-electron chi connectivity index (χ0n) is 14.5. The number of piperidine rings is 1. The first kappa shape index (κ1) is 16.3. The molecule has 2 saturated heterocycles. The van der Waals surface area contributed by atoms with Crippen LogP contribution in [0, 0.1) is 0 Å². The first-order valence-corrected chi connectivity index (χ1v) is 8.92. The number of likely N-dealkylation sites (tertiary alicyclic amines) is 1. The lowest BCUT2D eigenvalue weighted by molar-refractivity contribution is -0.181. The van der Waals surface area contributed by atoms with Gasteiger partial charge in [-0.15, -0.1) is 0 Å². The molecule has 2 aliphatic heterocycles. The van der Waals surface area contributed by atoms with Crippen molar-refractivity contribution in [2.24, 2.45) is 0 Å². The number of rotatable bonds is 3. The van der Waals surface area contributed by atoms with Gasteiger partial charge in [-0.1, -0.05) is 25.1 Å². The number of ether oxygens (including phenoxy) is 2. The Labute approximate surface area is 147 Å². The summed E-state index contributed by atoms with van der Waals surface area (Å²) in [6.45, 7) is 4.66. The highest BCUT2D eigenvalue weighted by Gasteiger charge is 2.41. The average Bonchev–Trinajstić information content (AvgIpc) is 3.29. The lowest BCUT2D eigenvalue weighted by Crippen LogP contribution is -2.47. The summed E-state index contributed by atoms with van der Waals surface area (Å²) in [4.78, 5) is 14.9. The number of benzene rings is 1. The Morgan fingerprint density at radius 2 is 1.84 bits per heavy atom. The van der Waals surface area contributed by atoms with Crippen LogP contribution in [0.15, 0.2) is 36.5 Å². The van der Waals surface area contributed by atoms with E-state index in [1.165, 1.54) is 0 Å². The molecule has 2 aromatic rings. The van der Waals surface area contributed by atoms with Crippen molar-refractivity contribution in [3.8, 4) is 5.69 Å². The van der Waals surface area contributed by atoms with Crippen molar-refractivity contribution in [1.29, 1.82) is 0 Å². The van der Waals surface area contributed by atoms with Gasteiger partial charge in [-0.3, -0.25) is 4.79 Å². The van der Waals surface area contributed by atoms with Crippen molar-refractivity contribution in [1.82, 2.24) is 14.7 Å². The molecule has 0 unspecified atom stereocenters. The van der Waals surface area contributed by atoms with E-state index in [1.54, 1.807) is 6.20 Å². The molecule has 1 aromatic carbocycles. The molecule has 1 aromatic heterocycles. The van der Waals surface area contributed by atoms with Gasteiger partial charge in [0.1, 0.15) is 0 Å². The highest BCUT2D eigenvalue weighted by Crippen LogP contribution is 2.32. The van der Waals surface area contributed by atoms with Crippen LogP contribution >= 0.6 is 0 Å². The highest BCUT2D eigenvalue weighted by atomic mass is 16.7. The van der Waals surface area contributed by atoms with Crippen LogP contribution in [-0.2, 0) is 15.9 Å². The fourth-order valence-electron chi connectivity index (χ4n) is 3.69.